The van der Waals surface area contributed by atoms with Crippen molar-refractivity contribution >= 4 is 22.5 Å². The van der Waals surface area contributed by atoms with Crippen molar-refractivity contribution in [2.75, 3.05) is 5.32 Å². The molecule has 1 fully saturated rings. The first-order valence-electron chi connectivity index (χ1n) is 8.28. The van der Waals surface area contributed by atoms with Gasteiger partial charge >= 0.3 is 0 Å². The maximum atomic E-state index is 12.9. The van der Waals surface area contributed by atoms with E-state index in [-0.39, 0.29) is 11.3 Å². The lowest BCUT2D eigenvalue weighted by Gasteiger charge is -2.39. The van der Waals surface area contributed by atoms with E-state index in [0.29, 0.717) is 5.92 Å². The van der Waals surface area contributed by atoms with E-state index >= 15 is 0 Å². The van der Waals surface area contributed by atoms with E-state index in [9.17, 15) is 4.79 Å². The van der Waals surface area contributed by atoms with Crippen molar-refractivity contribution in [2.45, 2.75) is 46.0 Å². The fourth-order valence-electron chi connectivity index (χ4n) is 3.64. The smallest absolute Gasteiger partial charge is 0.230 e. The van der Waals surface area contributed by atoms with Crippen LogP contribution in [0.15, 0.2) is 36.5 Å². The number of aromatic nitrogens is 1. The molecule has 3 rings (SSSR count). The van der Waals surface area contributed by atoms with E-state index < -0.39 is 0 Å². The number of hydrogen-bond donors (Lipinski definition) is 1. The molecule has 0 spiro atoms. The van der Waals surface area contributed by atoms with Gasteiger partial charge in [0.2, 0.25) is 5.91 Å². The standard InChI is InChI=1S/C19H24N2O/c1-14(2)19(10-6-3-7-11-19)18(22)21-16-12-15-8-4-5-9-17(15)20-13-16/h4-5,8-9,12-14H,3,6-7,10-11H2,1-2H3,(H,21,22). The van der Waals surface area contributed by atoms with Crippen LogP contribution in [0.4, 0.5) is 5.69 Å². The van der Waals surface area contributed by atoms with E-state index in [2.05, 4.69) is 24.1 Å². The summed E-state index contributed by atoms with van der Waals surface area (Å²) in [6.45, 7) is 4.34. The summed E-state index contributed by atoms with van der Waals surface area (Å²) in [5.74, 6) is 0.528. The third-order valence-corrected chi connectivity index (χ3v) is 5.15. The highest BCUT2D eigenvalue weighted by Crippen LogP contribution is 2.43. The van der Waals surface area contributed by atoms with Crippen LogP contribution in [0.1, 0.15) is 46.0 Å². The summed E-state index contributed by atoms with van der Waals surface area (Å²) in [5.41, 5.74) is 1.54. The molecule has 1 N–H and O–H groups in total. The molecule has 1 aromatic heterocycles. The first kappa shape index (κ1) is 15.0. The van der Waals surface area contributed by atoms with Crippen LogP contribution in [0.2, 0.25) is 0 Å². The Morgan fingerprint density at radius 2 is 1.91 bits per heavy atom. The largest absolute Gasteiger partial charge is 0.324 e. The van der Waals surface area contributed by atoms with Crippen molar-refractivity contribution in [2.24, 2.45) is 11.3 Å². The Labute approximate surface area is 132 Å². The molecule has 116 valence electrons. The van der Waals surface area contributed by atoms with Gasteiger partial charge in [-0.25, -0.2) is 0 Å². The highest BCUT2D eigenvalue weighted by molar-refractivity contribution is 5.97. The van der Waals surface area contributed by atoms with Crippen molar-refractivity contribution in [1.82, 2.24) is 4.98 Å². The Morgan fingerprint density at radius 1 is 1.18 bits per heavy atom. The number of carbonyl (C=O) groups excluding carboxylic acids is 1. The minimum Gasteiger partial charge on any atom is -0.324 e. The number of anilines is 1. The van der Waals surface area contributed by atoms with Gasteiger partial charge in [0.05, 0.1) is 22.8 Å². The number of fused-ring (bicyclic) bond motifs is 1. The van der Waals surface area contributed by atoms with Gasteiger partial charge in [-0.15, -0.1) is 0 Å². The average Bonchev–Trinajstić information content (AvgIpc) is 2.55. The quantitative estimate of drug-likeness (QED) is 0.885. The number of rotatable bonds is 3. The van der Waals surface area contributed by atoms with Gasteiger partial charge in [-0.2, -0.15) is 0 Å². The molecular weight excluding hydrogens is 272 g/mol. The lowest BCUT2D eigenvalue weighted by atomic mass is 9.66. The zero-order valence-electron chi connectivity index (χ0n) is 13.4. The number of para-hydroxylation sites is 1. The molecule has 1 saturated carbocycles. The predicted molar refractivity (Wildman–Crippen MR) is 90.7 cm³/mol. The van der Waals surface area contributed by atoms with Crippen LogP contribution in [0.5, 0.6) is 0 Å². The highest BCUT2D eigenvalue weighted by Gasteiger charge is 2.42. The second-order valence-electron chi connectivity index (χ2n) is 6.74. The normalized spacial score (nSPS) is 17.6. The van der Waals surface area contributed by atoms with Gasteiger partial charge in [0.15, 0.2) is 0 Å². The van der Waals surface area contributed by atoms with Crippen LogP contribution in [0.3, 0.4) is 0 Å². The molecule has 1 aromatic carbocycles. The van der Waals surface area contributed by atoms with Crippen LogP contribution < -0.4 is 5.32 Å². The molecule has 0 radical (unpaired) electrons. The summed E-state index contributed by atoms with van der Waals surface area (Å²) >= 11 is 0. The predicted octanol–water partition coefficient (Wildman–Crippen LogP) is 4.78. The van der Waals surface area contributed by atoms with Crippen molar-refractivity contribution in [3.8, 4) is 0 Å². The lowest BCUT2D eigenvalue weighted by molar-refractivity contribution is -0.130. The van der Waals surface area contributed by atoms with Crippen molar-refractivity contribution < 1.29 is 4.79 Å². The highest BCUT2D eigenvalue weighted by atomic mass is 16.2. The maximum Gasteiger partial charge on any atom is 0.230 e. The van der Waals surface area contributed by atoms with Crippen LogP contribution in [-0.4, -0.2) is 10.9 Å². The third-order valence-electron chi connectivity index (χ3n) is 5.15. The Balaban J connectivity index is 1.84. The van der Waals surface area contributed by atoms with Gasteiger partial charge < -0.3 is 5.32 Å². The second-order valence-corrected chi connectivity index (χ2v) is 6.74. The summed E-state index contributed by atoms with van der Waals surface area (Å²) in [7, 11) is 0. The molecule has 1 aliphatic rings. The molecule has 0 atom stereocenters. The van der Waals surface area contributed by atoms with E-state index in [1.54, 1.807) is 6.20 Å². The number of nitrogens with zero attached hydrogens (tertiary/aromatic N) is 1. The monoisotopic (exact) mass is 296 g/mol. The molecule has 1 amide bonds. The summed E-state index contributed by atoms with van der Waals surface area (Å²) in [5, 5.41) is 4.18. The number of nitrogens with one attached hydrogen (secondary N) is 1. The summed E-state index contributed by atoms with van der Waals surface area (Å²) in [4.78, 5) is 17.4. The fourth-order valence-corrected chi connectivity index (χ4v) is 3.64. The van der Waals surface area contributed by atoms with E-state index in [4.69, 9.17) is 0 Å². The molecule has 0 saturated heterocycles. The van der Waals surface area contributed by atoms with Crippen LogP contribution in [-0.2, 0) is 4.79 Å². The van der Waals surface area contributed by atoms with Crippen molar-refractivity contribution in [3.63, 3.8) is 0 Å². The minimum absolute atomic E-state index is 0.166. The van der Waals surface area contributed by atoms with Crippen LogP contribution in [0, 0.1) is 11.3 Å². The fraction of sp³-hybridized carbons (Fsp3) is 0.474. The molecule has 22 heavy (non-hydrogen) atoms. The number of amides is 1. The van der Waals surface area contributed by atoms with Gasteiger partial charge in [-0.3, -0.25) is 9.78 Å². The maximum absolute atomic E-state index is 12.9. The number of benzene rings is 1. The molecule has 1 heterocycles. The first-order valence-corrected chi connectivity index (χ1v) is 8.28. The number of hydrogen-bond acceptors (Lipinski definition) is 2. The molecule has 2 aromatic rings. The average molecular weight is 296 g/mol. The zero-order valence-corrected chi connectivity index (χ0v) is 13.4. The number of pyridine rings is 1. The van der Waals surface area contributed by atoms with E-state index in [0.717, 1.165) is 42.3 Å². The van der Waals surface area contributed by atoms with Crippen molar-refractivity contribution in [1.29, 1.82) is 0 Å². The Kier molecular flexibility index (Phi) is 4.14. The van der Waals surface area contributed by atoms with E-state index in [1.165, 1.54) is 6.42 Å². The van der Waals surface area contributed by atoms with Crippen LogP contribution >= 0.6 is 0 Å². The molecule has 3 heteroatoms. The topological polar surface area (TPSA) is 42.0 Å². The van der Waals surface area contributed by atoms with Gasteiger partial charge in [0.1, 0.15) is 0 Å². The van der Waals surface area contributed by atoms with Crippen LogP contribution in [0.25, 0.3) is 10.9 Å². The lowest BCUT2D eigenvalue weighted by Crippen LogP contribution is -2.42. The van der Waals surface area contributed by atoms with Crippen molar-refractivity contribution in [3.05, 3.63) is 36.5 Å². The molecular formula is C19H24N2O. The summed E-state index contributed by atoms with van der Waals surface area (Å²) < 4.78 is 0. The number of carbonyl (C=O) groups is 1. The zero-order chi connectivity index (χ0) is 15.6. The summed E-state index contributed by atoms with van der Waals surface area (Å²) in [6, 6.07) is 9.99. The molecule has 3 nitrogen and oxygen atoms in total. The molecule has 0 unspecified atom stereocenters. The Morgan fingerprint density at radius 3 is 2.64 bits per heavy atom. The molecule has 0 aliphatic heterocycles. The minimum atomic E-state index is -0.218. The van der Waals surface area contributed by atoms with Gasteiger partial charge in [-0.1, -0.05) is 51.3 Å². The first-order chi connectivity index (χ1) is 10.6. The summed E-state index contributed by atoms with van der Waals surface area (Å²) in [6.07, 6.45) is 7.31. The SMILES string of the molecule is CC(C)C1(C(=O)Nc2cnc3ccccc3c2)CCCCC1. The van der Waals surface area contributed by atoms with Gasteiger partial charge in [0, 0.05) is 5.39 Å². The third kappa shape index (κ3) is 2.72. The van der Waals surface area contributed by atoms with Gasteiger partial charge in [0.25, 0.3) is 0 Å². The molecule has 0 bridgehead atoms. The second kappa shape index (κ2) is 6.07. The van der Waals surface area contributed by atoms with Gasteiger partial charge in [-0.05, 0) is 30.9 Å². The molecule has 1 aliphatic carbocycles. The Bertz CT molecular complexity index is 672. The van der Waals surface area contributed by atoms with E-state index in [1.807, 2.05) is 30.3 Å². The Hall–Kier alpha value is -1.90.